The topological polar surface area (TPSA) is 150 Å². The lowest BCUT2D eigenvalue weighted by molar-refractivity contribution is 0.215. The molecule has 5 N–H and O–H groups in total. The Hall–Kier alpha value is -2.45. The van der Waals surface area contributed by atoms with Crippen molar-refractivity contribution in [1.82, 2.24) is 9.78 Å². The third-order valence-electron chi connectivity index (χ3n) is 6.03. The van der Waals surface area contributed by atoms with E-state index < -0.39 is 16.3 Å². The summed E-state index contributed by atoms with van der Waals surface area (Å²) in [5.41, 5.74) is 6.25. The number of nitrogens with one attached hydrogen (secondary N) is 1. The molecule has 2 aliphatic rings. The lowest BCUT2D eigenvalue weighted by atomic mass is 9.93. The van der Waals surface area contributed by atoms with Crippen molar-refractivity contribution in [2.24, 2.45) is 9.50 Å². The van der Waals surface area contributed by atoms with E-state index >= 15 is 0 Å². The number of aromatic nitrogens is 2. The molecule has 2 unspecified atom stereocenters. The second-order valence-electron chi connectivity index (χ2n) is 8.35. The fourth-order valence-corrected chi connectivity index (χ4v) is 5.71. The van der Waals surface area contributed by atoms with Gasteiger partial charge in [0.25, 0.3) is 0 Å². The highest BCUT2D eigenvalue weighted by molar-refractivity contribution is 7.91. The van der Waals surface area contributed by atoms with E-state index in [9.17, 15) is 19.7 Å². The summed E-state index contributed by atoms with van der Waals surface area (Å²) in [5, 5.41) is 43.1. The molecule has 2 aliphatic carbocycles. The summed E-state index contributed by atoms with van der Waals surface area (Å²) in [6, 6.07) is 3.78. The van der Waals surface area contributed by atoms with Crippen molar-refractivity contribution >= 4 is 15.6 Å². The summed E-state index contributed by atoms with van der Waals surface area (Å²) < 4.78 is 18.6. The van der Waals surface area contributed by atoms with Crippen molar-refractivity contribution in [3.8, 4) is 6.07 Å². The zero-order valence-corrected chi connectivity index (χ0v) is 18.6. The number of aliphatic hydroxyl groups is 2. The van der Waals surface area contributed by atoms with Gasteiger partial charge in [0, 0.05) is 17.8 Å². The van der Waals surface area contributed by atoms with Crippen LogP contribution in [0.25, 0.3) is 0 Å². The van der Waals surface area contributed by atoms with E-state index in [1.807, 2.05) is 13.8 Å². The van der Waals surface area contributed by atoms with Crippen molar-refractivity contribution in [3.05, 3.63) is 39.6 Å². The maximum Gasteiger partial charge on any atom is 0.233 e. The molecule has 1 aromatic carbocycles. The molecule has 2 aromatic rings. The number of nitrogens with two attached hydrogens (primary N) is 1. The average molecular weight is 445 g/mol. The highest BCUT2D eigenvalue weighted by atomic mass is 32.2. The highest BCUT2D eigenvalue weighted by Crippen LogP contribution is 2.41. The van der Waals surface area contributed by atoms with E-state index in [4.69, 9.17) is 5.14 Å². The van der Waals surface area contributed by atoms with Crippen molar-refractivity contribution in [1.29, 1.82) is 5.26 Å². The Bertz CT molecular complexity index is 1150. The minimum Gasteiger partial charge on any atom is -0.390 e. The number of hydrogen-bond donors (Lipinski definition) is 4. The molecule has 0 radical (unpaired) electrons. The largest absolute Gasteiger partial charge is 0.390 e. The first kappa shape index (κ1) is 21.8. The van der Waals surface area contributed by atoms with Crippen molar-refractivity contribution in [2.75, 3.05) is 5.32 Å². The molecular formula is C21H28N6O3S. The third-order valence-corrected chi connectivity index (χ3v) is 7.34. The maximum atomic E-state index is 13.1. The quantitative estimate of drug-likeness (QED) is 0.500. The molecule has 0 saturated heterocycles. The van der Waals surface area contributed by atoms with Gasteiger partial charge in [-0.15, -0.1) is 0 Å². The SMILES string of the molecule is CC(C)n1nc(S(N)(=O)=NC(O)Nc2c3c(c(C#N)c4c2CCC4)CCC3)cc1CO. The summed E-state index contributed by atoms with van der Waals surface area (Å²) in [4.78, 5) is 0. The van der Waals surface area contributed by atoms with Crippen LogP contribution in [-0.4, -0.2) is 30.6 Å². The number of hydrogen-bond acceptors (Lipinski definition) is 7. The van der Waals surface area contributed by atoms with Gasteiger partial charge in [0.05, 0.1) is 23.9 Å². The first-order valence-electron chi connectivity index (χ1n) is 10.5. The second kappa shape index (κ2) is 8.24. The predicted octanol–water partition coefficient (Wildman–Crippen LogP) is 1.89. The molecule has 1 aromatic heterocycles. The zero-order valence-electron chi connectivity index (χ0n) is 17.8. The second-order valence-corrected chi connectivity index (χ2v) is 10.1. The van der Waals surface area contributed by atoms with Gasteiger partial charge in [-0.1, -0.05) is 0 Å². The number of fused-ring (bicyclic) bond motifs is 2. The van der Waals surface area contributed by atoms with E-state index in [0.29, 0.717) is 5.69 Å². The van der Waals surface area contributed by atoms with Crippen LogP contribution in [-0.2, 0) is 42.2 Å². The van der Waals surface area contributed by atoms with Crippen LogP contribution in [0.2, 0.25) is 0 Å². The summed E-state index contributed by atoms with van der Waals surface area (Å²) in [5.74, 6) is 0. The summed E-state index contributed by atoms with van der Waals surface area (Å²) in [7, 11) is -3.50. The first-order valence-corrected chi connectivity index (χ1v) is 12.1. The van der Waals surface area contributed by atoms with Crippen LogP contribution in [0.15, 0.2) is 15.5 Å². The van der Waals surface area contributed by atoms with Crippen LogP contribution in [0.3, 0.4) is 0 Å². The van der Waals surface area contributed by atoms with E-state index in [1.54, 1.807) is 0 Å². The van der Waals surface area contributed by atoms with Gasteiger partial charge in [-0.3, -0.25) is 4.68 Å². The standard InChI is InChI=1S/C21H28N6O3S/c1-12(2)27-13(11-28)9-19(25-27)31(23,30)26-21(29)24-20-16-7-3-5-14(16)18(10-22)15-6-4-8-17(15)20/h9,12,21,24,28-29H,3-8,11H2,1-2H3,(H2,23,26,30). The van der Waals surface area contributed by atoms with Crippen LogP contribution >= 0.6 is 0 Å². The van der Waals surface area contributed by atoms with Crippen LogP contribution < -0.4 is 10.5 Å². The van der Waals surface area contributed by atoms with Crippen LogP contribution in [0, 0.1) is 11.3 Å². The maximum absolute atomic E-state index is 13.1. The Morgan fingerprint density at radius 3 is 2.32 bits per heavy atom. The molecule has 9 nitrogen and oxygen atoms in total. The summed E-state index contributed by atoms with van der Waals surface area (Å²) in [6.45, 7) is 3.49. The lowest BCUT2D eigenvalue weighted by Crippen LogP contribution is -2.24. The van der Waals surface area contributed by atoms with E-state index in [-0.39, 0.29) is 17.7 Å². The van der Waals surface area contributed by atoms with Crippen molar-refractivity contribution in [3.63, 3.8) is 0 Å². The zero-order chi connectivity index (χ0) is 22.3. The molecule has 4 rings (SSSR count). The van der Waals surface area contributed by atoms with E-state index in [0.717, 1.165) is 72.0 Å². The lowest BCUT2D eigenvalue weighted by Gasteiger charge is -2.20. The van der Waals surface area contributed by atoms with Gasteiger partial charge in [0.15, 0.2) is 14.9 Å². The minimum absolute atomic E-state index is 0.0152. The number of benzene rings is 1. The fraction of sp³-hybridized carbons (Fsp3) is 0.524. The highest BCUT2D eigenvalue weighted by Gasteiger charge is 2.29. The Kier molecular flexibility index (Phi) is 5.79. The van der Waals surface area contributed by atoms with Gasteiger partial charge < -0.3 is 15.5 Å². The molecule has 0 aliphatic heterocycles. The monoisotopic (exact) mass is 444 g/mol. The molecule has 1 heterocycles. The van der Waals surface area contributed by atoms with Gasteiger partial charge in [0.2, 0.25) is 6.35 Å². The van der Waals surface area contributed by atoms with Gasteiger partial charge in [0.1, 0.15) is 0 Å². The predicted molar refractivity (Wildman–Crippen MR) is 116 cm³/mol. The molecule has 10 heteroatoms. The molecule has 0 amide bonds. The van der Waals surface area contributed by atoms with Crippen LogP contribution in [0.4, 0.5) is 5.69 Å². The van der Waals surface area contributed by atoms with Gasteiger partial charge in [-0.25, -0.2) is 9.35 Å². The van der Waals surface area contributed by atoms with Crippen molar-refractivity contribution < 1.29 is 14.4 Å². The first-order chi connectivity index (χ1) is 14.8. The van der Waals surface area contributed by atoms with Gasteiger partial charge in [-0.05, 0) is 74.6 Å². The molecule has 2 atom stereocenters. The van der Waals surface area contributed by atoms with Gasteiger partial charge in [-0.2, -0.15) is 14.7 Å². The number of anilines is 1. The number of nitriles is 1. The molecule has 0 spiro atoms. The molecule has 0 bridgehead atoms. The molecule has 31 heavy (non-hydrogen) atoms. The van der Waals surface area contributed by atoms with Gasteiger partial charge >= 0.3 is 0 Å². The molecule has 0 fully saturated rings. The molecule has 166 valence electrons. The Morgan fingerprint density at radius 1 is 1.26 bits per heavy atom. The summed E-state index contributed by atoms with van der Waals surface area (Å²) in [6.07, 6.45) is 3.75. The van der Waals surface area contributed by atoms with Crippen LogP contribution in [0.5, 0.6) is 0 Å². The average Bonchev–Trinajstić information content (AvgIpc) is 3.45. The molecule has 0 saturated carbocycles. The number of aliphatic hydroxyl groups excluding tert-OH is 2. The summed E-state index contributed by atoms with van der Waals surface area (Å²) >= 11 is 0. The van der Waals surface area contributed by atoms with Crippen LogP contribution in [0.1, 0.15) is 66.2 Å². The molecular weight excluding hydrogens is 416 g/mol. The van der Waals surface area contributed by atoms with E-state index in [2.05, 4.69) is 20.8 Å². The Labute approximate surface area is 182 Å². The van der Waals surface area contributed by atoms with Crippen molar-refractivity contribution in [2.45, 2.75) is 76.4 Å². The third kappa shape index (κ3) is 3.83. The Morgan fingerprint density at radius 2 is 1.84 bits per heavy atom. The number of rotatable bonds is 6. The minimum atomic E-state index is -3.50. The Balaban J connectivity index is 1.70. The number of nitrogens with zero attached hydrogens (tertiary/aromatic N) is 4. The fourth-order valence-electron chi connectivity index (χ4n) is 4.74. The normalized spacial score (nSPS) is 17.7. The smallest absolute Gasteiger partial charge is 0.233 e. The van der Waals surface area contributed by atoms with E-state index in [1.165, 1.54) is 10.7 Å².